The van der Waals surface area contributed by atoms with Crippen LogP contribution in [0, 0.1) is 5.92 Å². The van der Waals surface area contributed by atoms with E-state index in [0.29, 0.717) is 4.47 Å². The molecule has 1 N–H and O–H groups in total. The van der Waals surface area contributed by atoms with Gasteiger partial charge in [0.05, 0.1) is 5.56 Å². The lowest BCUT2D eigenvalue weighted by atomic mass is 10.0. The van der Waals surface area contributed by atoms with E-state index in [2.05, 4.69) is 21.0 Å². The van der Waals surface area contributed by atoms with Crippen LogP contribution in [0.2, 0.25) is 0 Å². The first kappa shape index (κ1) is 15.5. The first-order valence-corrected chi connectivity index (χ1v) is 7.49. The second-order valence-electron chi connectivity index (χ2n) is 5.45. The normalized spacial score (nSPS) is 25.3. The number of carbonyl (C=O) groups excluding carboxylic acids is 1. The molecule has 1 heterocycles. The third-order valence-corrected chi connectivity index (χ3v) is 4.50. The molecule has 1 aliphatic heterocycles. The minimum Gasteiger partial charge on any atom is -0.362 e. The molecule has 0 saturated heterocycles. The zero-order valence-corrected chi connectivity index (χ0v) is 12.9. The van der Waals surface area contributed by atoms with Crippen LogP contribution in [0.5, 0.6) is 0 Å². The fraction of sp³-hybridized carbons (Fsp3) is 0.429. The third-order valence-electron chi connectivity index (χ3n) is 3.81. The van der Waals surface area contributed by atoms with Gasteiger partial charge in [0.1, 0.15) is 0 Å². The molecule has 3 rings (SSSR count). The summed E-state index contributed by atoms with van der Waals surface area (Å²) in [5.41, 5.74) is -3.02. The van der Waals surface area contributed by atoms with Gasteiger partial charge in [-0.15, -0.1) is 0 Å². The van der Waals surface area contributed by atoms with E-state index < -0.39 is 24.2 Å². The predicted octanol–water partition coefficient (Wildman–Crippen LogP) is 3.31. The summed E-state index contributed by atoms with van der Waals surface area (Å²) >= 11 is 3.13. The summed E-state index contributed by atoms with van der Waals surface area (Å²) in [6, 6.07) is 6.10. The van der Waals surface area contributed by atoms with Gasteiger partial charge in [-0.25, -0.2) is 0 Å². The van der Waals surface area contributed by atoms with E-state index in [1.54, 1.807) is 12.1 Å². The Hall–Kier alpha value is -1.41. The van der Waals surface area contributed by atoms with Crippen LogP contribution in [0.4, 0.5) is 13.2 Å². The van der Waals surface area contributed by atoms with Crippen molar-refractivity contribution in [3.05, 3.63) is 34.3 Å². The topological polar surface area (TPSA) is 52.9 Å². The quantitative estimate of drug-likeness (QED) is 0.860. The molecule has 1 aromatic rings. The van der Waals surface area contributed by atoms with Crippen molar-refractivity contribution in [3.8, 4) is 0 Å². The highest BCUT2D eigenvalue weighted by Gasteiger charge is 2.64. The van der Waals surface area contributed by atoms with Crippen LogP contribution in [-0.4, -0.2) is 33.6 Å². The molecule has 118 valence electrons. The van der Waals surface area contributed by atoms with Gasteiger partial charge in [-0.05, 0) is 46.8 Å². The van der Waals surface area contributed by atoms with Crippen molar-refractivity contribution >= 4 is 27.5 Å². The van der Waals surface area contributed by atoms with E-state index in [0.717, 1.165) is 12.8 Å². The lowest BCUT2D eigenvalue weighted by molar-refractivity contribution is -0.297. The number of hydrogen-bond donors (Lipinski definition) is 1. The van der Waals surface area contributed by atoms with Crippen LogP contribution in [0.15, 0.2) is 33.8 Å². The van der Waals surface area contributed by atoms with E-state index in [4.69, 9.17) is 0 Å². The van der Waals surface area contributed by atoms with Crippen molar-refractivity contribution < 1.29 is 23.1 Å². The van der Waals surface area contributed by atoms with Gasteiger partial charge >= 0.3 is 6.18 Å². The van der Waals surface area contributed by atoms with Gasteiger partial charge in [-0.1, -0.05) is 12.1 Å². The first-order chi connectivity index (χ1) is 10.2. The van der Waals surface area contributed by atoms with Crippen molar-refractivity contribution in [2.45, 2.75) is 31.2 Å². The Morgan fingerprint density at radius 3 is 2.55 bits per heavy atom. The number of amides is 1. The molecule has 1 saturated carbocycles. The summed E-state index contributed by atoms with van der Waals surface area (Å²) < 4.78 is 40.2. The molecule has 0 radical (unpaired) electrons. The number of carbonyl (C=O) groups is 1. The second-order valence-corrected chi connectivity index (χ2v) is 6.31. The summed E-state index contributed by atoms with van der Waals surface area (Å²) in [6.07, 6.45) is -4.19. The highest BCUT2D eigenvalue weighted by molar-refractivity contribution is 9.10. The number of alkyl halides is 3. The van der Waals surface area contributed by atoms with Crippen LogP contribution in [0.25, 0.3) is 0 Å². The van der Waals surface area contributed by atoms with Crippen molar-refractivity contribution in [2.24, 2.45) is 11.0 Å². The van der Waals surface area contributed by atoms with E-state index in [1.165, 1.54) is 12.1 Å². The maximum atomic E-state index is 13.3. The molecule has 1 fully saturated rings. The Kier molecular flexibility index (Phi) is 3.56. The summed E-state index contributed by atoms with van der Waals surface area (Å²) in [5, 5.41) is 14.1. The summed E-state index contributed by atoms with van der Waals surface area (Å²) in [6.45, 7) is 0. The molecule has 0 bridgehead atoms. The number of nitrogens with zero attached hydrogens (tertiary/aromatic N) is 2. The first-order valence-electron chi connectivity index (χ1n) is 6.69. The molecule has 0 spiro atoms. The highest BCUT2D eigenvalue weighted by Crippen LogP contribution is 2.45. The molecule has 0 unspecified atom stereocenters. The minimum atomic E-state index is -4.98. The summed E-state index contributed by atoms with van der Waals surface area (Å²) in [5.74, 6) is -1.05. The standard InChI is InChI=1S/C14H12BrF3N2O2/c15-10-4-2-1-3-9(10)12(21)20-13(22,14(16,17)18)7-11(19-20)8-5-6-8/h1-4,8,22H,5-7H2/t13-/m0/s1. The van der Waals surface area contributed by atoms with Gasteiger partial charge in [0.15, 0.2) is 0 Å². The molecule has 0 aromatic heterocycles. The van der Waals surface area contributed by atoms with Crippen LogP contribution in [-0.2, 0) is 0 Å². The van der Waals surface area contributed by atoms with Crippen LogP contribution in [0.3, 0.4) is 0 Å². The fourth-order valence-electron chi connectivity index (χ4n) is 2.40. The van der Waals surface area contributed by atoms with Gasteiger partial charge in [0.25, 0.3) is 11.6 Å². The van der Waals surface area contributed by atoms with Crippen LogP contribution >= 0.6 is 15.9 Å². The monoisotopic (exact) mass is 376 g/mol. The van der Waals surface area contributed by atoms with Crippen molar-refractivity contribution in [2.75, 3.05) is 0 Å². The number of halogens is 4. The average molecular weight is 377 g/mol. The van der Waals surface area contributed by atoms with Gasteiger partial charge in [0.2, 0.25) is 0 Å². The fourth-order valence-corrected chi connectivity index (χ4v) is 2.85. The number of rotatable bonds is 2. The molecule has 4 nitrogen and oxygen atoms in total. The Morgan fingerprint density at radius 1 is 1.36 bits per heavy atom. The molecular formula is C14H12BrF3N2O2. The molecule has 1 atom stereocenters. The zero-order chi connectivity index (χ0) is 16.1. The Morgan fingerprint density at radius 2 is 2.00 bits per heavy atom. The van der Waals surface area contributed by atoms with E-state index >= 15 is 0 Å². The second kappa shape index (κ2) is 5.06. The molecular weight excluding hydrogens is 365 g/mol. The molecule has 1 aromatic carbocycles. The van der Waals surface area contributed by atoms with Gasteiger partial charge < -0.3 is 5.11 Å². The Labute approximate surface area is 132 Å². The smallest absolute Gasteiger partial charge is 0.362 e. The molecule has 8 heteroatoms. The SMILES string of the molecule is O=C(c1ccccc1Br)N1N=C(C2CC2)C[C@]1(O)C(F)(F)F. The van der Waals surface area contributed by atoms with E-state index in [1.807, 2.05) is 0 Å². The zero-order valence-electron chi connectivity index (χ0n) is 11.3. The molecule has 2 aliphatic rings. The van der Waals surface area contributed by atoms with Crippen molar-refractivity contribution in [1.29, 1.82) is 0 Å². The minimum absolute atomic E-state index is 0.0194. The lowest BCUT2D eigenvalue weighted by Crippen LogP contribution is -2.56. The number of hydrazone groups is 1. The maximum absolute atomic E-state index is 13.3. The molecule has 1 amide bonds. The van der Waals surface area contributed by atoms with Crippen LogP contribution in [0.1, 0.15) is 29.6 Å². The van der Waals surface area contributed by atoms with Gasteiger partial charge in [-0.2, -0.15) is 23.3 Å². The molecule has 22 heavy (non-hydrogen) atoms. The van der Waals surface area contributed by atoms with E-state index in [-0.39, 0.29) is 22.2 Å². The van der Waals surface area contributed by atoms with Crippen LogP contribution < -0.4 is 0 Å². The van der Waals surface area contributed by atoms with Gasteiger partial charge in [-0.3, -0.25) is 4.79 Å². The maximum Gasteiger partial charge on any atom is 0.438 e. The Bertz CT molecular complexity index is 658. The third kappa shape index (κ3) is 2.44. The van der Waals surface area contributed by atoms with Crippen molar-refractivity contribution in [1.82, 2.24) is 5.01 Å². The summed E-state index contributed by atoms with van der Waals surface area (Å²) in [4.78, 5) is 12.4. The van der Waals surface area contributed by atoms with Crippen molar-refractivity contribution in [3.63, 3.8) is 0 Å². The summed E-state index contributed by atoms with van der Waals surface area (Å²) in [7, 11) is 0. The largest absolute Gasteiger partial charge is 0.438 e. The lowest BCUT2D eigenvalue weighted by Gasteiger charge is -2.32. The average Bonchev–Trinajstić information content (AvgIpc) is 3.21. The van der Waals surface area contributed by atoms with Gasteiger partial charge in [0, 0.05) is 16.6 Å². The number of hydrogen-bond acceptors (Lipinski definition) is 3. The highest BCUT2D eigenvalue weighted by atomic mass is 79.9. The van der Waals surface area contributed by atoms with E-state index in [9.17, 15) is 23.1 Å². The number of benzene rings is 1. The predicted molar refractivity (Wildman–Crippen MR) is 76.1 cm³/mol. The Balaban J connectivity index is 2.01. The number of aliphatic hydroxyl groups is 1. The molecule has 1 aliphatic carbocycles.